The minimum absolute atomic E-state index is 0.0127. The first-order chi connectivity index (χ1) is 7.99. The Bertz CT molecular complexity index is 461. The highest BCUT2D eigenvalue weighted by Crippen LogP contribution is 2.32. The van der Waals surface area contributed by atoms with Crippen molar-refractivity contribution in [1.29, 1.82) is 0 Å². The number of benzene rings is 1. The van der Waals surface area contributed by atoms with Crippen LogP contribution in [0.1, 0.15) is 17.9 Å². The largest absolute Gasteiger partial charge is 0.356 e. The van der Waals surface area contributed by atoms with Crippen LogP contribution in [0.4, 0.5) is 13.2 Å². The van der Waals surface area contributed by atoms with Crippen LogP contribution in [0, 0.1) is 30.3 Å². The van der Waals surface area contributed by atoms with Crippen LogP contribution in [0.2, 0.25) is 0 Å². The van der Waals surface area contributed by atoms with E-state index in [2.05, 4.69) is 12.2 Å². The molecule has 91 valence electrons. The number of nitrogens with one attached hydrogen (secondary N) is 1. The van der Waals surface area contributed by atoms with Gasteiger partial charge in [-0.15, -0.1) is 0 Å². The maximum Gasteiger partial charge on any atom is 0.220 e. The Morgan fingerprint density at radius 1 is 1.18 bits per heavy atom. The van der Waals surface area contributed by atoms with Crippen molar-refractivity contribution < 1.29 is 18.0 Å². The van der Waals surface area contributed by atoms with Gasteiger partial charge in [0.15, 0.2) is 11.6 Å². The molecule has 1 aliphatic heterocycles. The number of rotatable bonds is 1. The van der Waals surface area contributed by atoms with Crippen LogP contribution in [0.15, 0.2) is 12.1 Å². The molecule has 1 amide bonds. The summed E-state index contributed by atoms with van der Waals surface area (Å²) in [7, 11) is 0. The van der Waals surface area contributed by atoms with Gasteiger partial charge in [0.05, 0.1) is 0 Å². The van der Waals surface area contributed by atoms with Gasteiger partial charge in [0.2, 0.25) is 5.91 Å². The topological polar surface area (TPSA) is 29.1 Å². The van der Waals surface area contributed by atoms with Crippen molar-refractivity contribution in [2.75, 3.05) is 6.54 Å². The van der Waals surface area contributed by atoms with E-state index in [0.29, 0.717) is 12.6 Å². The SMILES string of the molecule is [CH2]C1CNC(=O)CC1c1cc(F)c(F)cc1F. The molecule has 5 heteroatoms. The fourth-order valence-electron chi connectivity index (χ4n) is 2.01. The molecule has 17 heavy (non-hydrogen) atoms. The van der Waals surface area contributed by atoms with E-state index in [0.717, 1.165) is 6.07 Å². The van der Waals surface area contributed by atoms with Crippen LogP contribution in [0.3, 0.4) is 0 Å². The zero-order valence-corrected chi connectivity index (χ0v) is 8.97. The highest BCUT2D eigenvalue weighted by atomic mass is 19.2. The lowest BCUT2D eigenvalue weighted by Crippen LogP contribution is -2.38. The van der Waals surface area contributed by atoms with Crippen LogP contribution in [0.25, 0.3) is 0 Å². The Balaban J connectivity index is 2.38. The molecule has 1 heterocycles. The van der Waals surface area contributed by atoms with Crippen LogP contribution in [-0.4, -0.2) is 12.5 Å². The molecule has 2 nitrogen and oxygen atoms in total. The third-order valence-electron chi connectivity index (χ3n) is 2.97. The summed E-state index contributed by atoms with van der Waals surface area (Å²) >= 11 is 0. The molecule has 1 fully saturated rings. The molecule has 1 aromatic rings. The molecule has 0 bridgehead atoms. The summed E-state index contributed by atoms with van der Waals surface area (Å²) < 4.78 is 39.4. The summed E-state index contributed by atoms with van der Waals surface area (Å²) in [6.45, 7) is 4.09. The number of amides is 1. The number of halogens is 3. The van der Waals surface area contributed by atoms with Gasteiger partial charge in [0.25, 0.3) is 0 Å². The Morgan fingerprint density at radius 3 is 2.53 bits per heavy atom. The molecular weight excluding hydrogens is 231 g/mol. The van der Waals surface area contributed by atoms with Crippen LogP contribution < -0.4 is 5.32 Å². The standard InChI is InChI=1S/C12H11F3NO/c1-6-5-16-12(17)3-7(6)8-2-10(14)11(15)4-9(8)13/h2,4,6-7H,1,3,5H2,(H,16,17). The highest BCUT2D eigenvalue weighted by Gasteiger charge is 2.30. The van der Waals surface area contributed by atoms with E-state index in [9.17, 15) is 18.0 Å². The highest BCUT2D eigenvalue weighted by molar-refractivity contribution is 5.78. The zero-order chi connectivity index (χ0) is 12.6. The molecular formula is C12H11F3NO. The molecule has 1 N–H and O–H groups in total. The van der Waals surface area contributed by atoms with Gasteiger partial charge in [-0.2, -0.15) is 0 Å². The van der Waals surface area contributed by atoms with E-state index < -0.39 is 23.4 Å². The van der Waals surface area contributed by atoms with Crippen molar-refractivity contribution in [1.82, 2.24) is 5.32 Å². The van der Waals surface area contributed by atoms with Gasteiger partial charge in [-0.3, -0.25) is 4.79 Å². The number of carbonyl (C=O) groups excluding carboxylic acids is 1. The number of hydrogen-bond acceptors (Lipinski definition) is 1. The first kappa shape index (κ1) is 12.0. The number of piperidine rings is 1. The lowest BCUT2D eigenvalue weighted by Gasteiger charge is -2.29. The van der Waals surface area contributed by atoms with E-state index in [4.69, 9.17) is 0 Å². The maximum atomic E-state index is 13.5. The molecule has 2 unspecified atom stereocenters. The number of hydrogen-bond donors (Lipinski definition) is 1. The summed E-state index contributed by atoms with van der Waals surface area (Å²) in [5.41, 5.74) is 0.0127. The second kappa shape index (κ2) is 4.39. The average molecular weight is 242 g/mol. The third kappa shape index (κ3) is 2.28. The van der Waals surface area contributed by atoms with E-state index in [1.54, 1.807) is 0 Å². The fourth-order valence-corrected chi connectivity index (χ4v) is 2.01. The van der Waals surface area contributed by atoms with Crippen molar-refractivity contribution >= 4 is 5.91 Å². The summed E-state index contributed by atoms with van der Waals surface area (Å²) in [6, 6.07) is 1.32. The van der Waals surface area contributed by atoms with Gasteiger partial charge >= 0.3 is 0 Å². The summed E-state index contributed by atoms with van der Waals surface area (Å²) in [5, 5.41) is 2.59. The van der Waals surface area contributed by atoms with Gasteiger partial charge in [0, 0.05) is 24.9 Å². The van der Waals surface area contributed by atoms with Gasteiger partial charge in [-0.1, -0.05) is 0 Å². The van der Waals surface area contributed by atoms with E-state index in [1.807, 2.05) is 0 Å². The lowest BCUT2D eigenvalue weighted by molar-refractivity contribution is -0.123. The first-order valence-electron chi connectivity index (χ1n) is 5.23. The Morgan fingerprint density at radius 2 is 1.82 bits per heavy atom. The Hall–Kier alpha value is -1.52. The monoisotopic (exact) mass is 242 g/mol. The normalized spacial score (nSPS) is 24.6. The second-order valence-electron chi connectivity index (χ2n) is 4.16. The minimum Gasteiger partial charge on any atom is -0.356 e. The van der Waals surface area contributed by atoms with Crippen molar-refractivity contribution in [3.63, 3.8) is 0 Å². The molecule has 1 radical (unpaired) electrons. The molecule has 1 aromatic carbocycles. The van der Waals surface area contributed by atoms with Gasteiger partial charge in [-0.05, 0) is 24.5 Å². The predicted octanol–water partition coefficient (Wildman–Crippen LogP) is 2.16. The van der Waals surface area contributed by atoms with Gasteiger partial charge in [-0.25, -0.2) is 13.2 Å². The van der Waals surface area contributed by atoms with Crippen LogP contribution >= 0.6 is 0 Å². The van der Waals surface area contributed by atoms with E-state index in [-0.39, 0.29) is 23.8 Å². The Labute approximate surface area is 96.8 Å². The molecule has 2 atom stereocenters. The smallest absolute Gasteiger partial charge is 0.220 e. The molecule has 1 aliphatic rings. The molecule has 0 saturated carbocycles. The maximum absolute atomic E-state index is 13.5. The number of carbonyl (C=O) groups is 1. The van der Waals surface area contributed by atoms with E-state index >= 15 is 0 Å². The quantitative estimate of drug-likeness (QED) is 0.751. The van der Waals surface area contributed by atoms with Crippen molar-refractivity contribution in [3.8, 4) is 0 Å². The van der Waals surface area contributed by atoms with Crippen molar-refractivity contribution in [3.05, 3.63) is 42.1 Å². The molecule has 1 saturated heterocycles. The minimum atomic E-state index is -1.23. The Kier molecular flexibility index (Phi) is 3.09. The van der Waals surface area contributed by atoms with E-state index in [1.165, 1.54) is 0 Å². The first-order valence-corrected chi connectivity index (χ1v) is 5.23. The molecule has 0 spiro atoms. The zero-order valence-electron chi connectivity index (χ0n) is 8.97. The van der Waals surface area contributed by atoms with Gasteiger partial charge in [0.1, 0.15) is 5.82 Å². The summed E-state index contributed by atoms with van der Waals surface area (Å²) in [6.07, 6.45) is 0.0379. The van der Waals surface area contributed by atoms with Crippen LogP contribution in [-0.2, 0) is 4.79 Å². The summed E-state index contributed by atoms with van der Waals surface area (Å²) in [5.74, 6) is -4.19. The molecule has 2 rings (SSSR count). The second-order valence-corrected chi connectivity index (χ2v) is 4.16. The van der Waals surface area contributed by atoms with Crippen molar-refractivity contribution in [2.45, 2.75) is 12.3 Å². The average Bonchev–Trinajstić information content (AvgIpc) is 2.27. The lowest BCUT2D eigenvalue weighted by atomic mass is 9.82. The van der Waals surface area contributed by atoms with Crippen molar-refractivity contribution in [2.24, 2.45) is 5.92 Å². The molecule has 0 aliphatic carbocycles. The fraction of sp³-hybridized carbons (Fsp3) is 0.333. The summed E-state index contributed by atoms with van der Waals surface area (Å²) in [4.78, 5) is 11.2. The molecule has 0 aromatic heterocycles. The van der Waals surface area contributed by atoms with Crippen LogP contribution in [0.5, 0.6) is 0 Å². The predicted molar refractivity (Wildman–Crippen MR) is 55.5 cm³/mol. The third-order valence-corrected chi connectivity index (χ3v) is 2.97. The van der Waals surface area contributed by atoms with Gasteiger partial charge < -0.3 is 5.32 Å².